The summed E-state index contributed by atoms with van der Waals surface area (Å²) in [5.41, 5.74) is 2.20. The molecule has 0 radical (unpaired) electrons. The van der Waals surface area contributed by atoms with E-state index in [0.29, 0.717) is 17.4 Å². The second kappa shape index (κ2) is 8.82. The van der Waals surface area contributed by atoms with Crippen LogP contribution in [0.2, 0.25) is 5.02 Å². The van der Waals surface area contributed by atoms with Crippen LogP contribution in [-0.2, 0) is 6.61 Å². The van der Waals surface area contributed by atoms with Gasteiger partial charge >= 0.3 is 0 Å². The summed E-state index contributed by atoms with van der Waals surface area (Å²) in [6, 6.07) is 27.5. The van der Waals surface area contributed by atoms with Gasteiger partial charge in [0.15, 0.2) is 0 Å². The highest BCUT2D eigenvalue weighted by atomic mass is 35.5. The Kier molecular flexibility index (Phi) is 5.79. The normalized spacial score (nSPS) is 11.3. The van der Waals surface area contributed by atoms with Gasteiger partial charge in [0.05, 0.1) is 11.6 Å². The van der Waals surface area contributed by atoms with Gasteiger partial charge in [-0.1, -0.05) is 72.3 Å². The highest BCUT2D eigenvalue weighted by Crippen LogP contribution is 2.33. The van der Waals surface area contributed by atoms with Crippen LogP contribution in [-0.4, -0.2) is 0 Å². The first kappa shape index (κ1) is 19.7. The molecule has 0 aliphatic carbocycles. The molecular weight excluding hydrogens is 397 g/mol. The molecule has 4 heteroatoms. The molecule has 0 saturated carbocycles. The highest BCUT2D eigenvalue weighted by molar-refractivity contribution is 6.30. The minimum absolute atomic E-state index is 0.237. The first-order chi connectivity index (χ1) is 14.7. The second-order valence-electron chi connectivity index (χ2n) is 6.76. The minimum Gasteiger partial charge on any atom is -0.488 e. The summed E-state index contributed by atoms with van der Waals surface area (Å²) in [6.07, 6.45) is 1.69. The van der Waals surface area contributed by atoms with Crippen molar-refractivity contribution in [2.75, 3.05) is 0 Å². The molecule has 0 aliphatic rings. The fourth-order valence-electron chi connectivity index (χ4n) is 3.29. The first-order valence-corrected chi connectivity index (χ1v) is 9.79. The number of fused-ring (bicyclic) bond motifs is 1. The van der Waals surface area contributed by atoms with Gasteiger partial charge in [-0.15, -0.1) is 0 Å². The van der Waals surface area contributed by atoms with E-state index in [4.69, 9.17) is 16.3 Å². The van der Waals surface area contributed by atoms with Crippen LogP contribution < -0.4 is 4.74 Å². The van der Waals surface area contributed by atoms with Crippen molar-refractivity contribution in [1.82, 2.24) is 0 Å². The fourth-order valence-corrected chi connectivity index (χ4v) is 3.41. The molecule has 0 unspecified atom stereocenters. The van der Waals surface area contributed by atoms with Crippen LogP contribution in [0.15, 0.2) is 84.9 Å². The molecular formula is C26H17ClFNO. The lowest BCUT2D eigenvalue weighted by Crippen LogP contribution is -1.98. The van der Waals surface area contributed by atoms with Crippen molar-refractivity contribution in [1.29, 1.82) is 5.26 Å². The molecule has 4 aromatic rings. The molecule has 0 aliphatic heterocycles. The van der Waals surface area contributed by atoms with E-state index in [1.165, 1.54) is 6.07 Å². The second-order valence-corrected chi connectivity index (χ2v) is 7.20. The smallest absolute Gasteiger partial charge is 0.131 e. The zero-order chi connectivity index (χ0) is 20.9. The third-order valence-corrected chi connectivity index (χ3v) is 5.06. The van der Waals surface area contributed by atoms with Crippen LogP contribution in [0, 0.1) is 17.1 Å². The van der Waals surface area contributed by atoms with Gasteiger partial charge in [-0.25, -0.2) is 4.39 Å². The molecule has 146 valence electrons. The summed E-state index contributed by atoms with van der Waals surface area (Å²) >= 11 is 5.95. The number of hydrogen-bond acceptors (Lipinski definition) is 2. The number of ether oxygens (including phenoxy) is 1. The average molecular weight is 414 g/mol. The Morgan fingerprint density at radius 1 is 0.933 bits per heavy atom. The van der Waals surface area contributed by atoms with Crippen molar-refractivity contribution >= 4 is 34.0 Å². The predicted octanol–water partition coefficient (Wildman–Crippen LogP) is 7.28. The van der Waals surface area contributed by atoms with E-state index in [9.17, 15) is 9.65 Å². The maximum atomic E-state index is 14.3. The van der Waals surface area contributed by atoms with Crippen LogP contribution >= 0.6 is 11.6 Å². The largest absolute Gasteiger partial charge is 0.488 e. The third-order valence-electron chi connectivity index (χ3n) is 4.81. The lowest BCUT2D eigenvalue weighted by Gasteiger charge is -2.13. The molecule has 0 aromatic heterocycles. The van der Waals surface area contributed by atoms with Crippen LogP contribution in [0.3, 0.4) is 0 Å². The van der Waals surface area contributed by atoms with Crippen molar-refractivity contribution in [2.45, 2.75) is 6.61 Å². The van der Waals surface area contributed by atoms with E-state index < -0.39 is 5.82 Å². The molecule has 4 aromatic carbocycles. The summed E-state index contributed by atoms with van der Waals surface area (Å²) in [6.45, 7) is 0.345. The number of halogens is 2. The van der Waals surface area contributed by atoms with E-state index in [1.54, 1.807) is 24.3 Å². The van der Waals surface area contributed by atoms with E-state index in [2.05, 4.69) is 6.07 Å². The number of allylic oxidation sites excluding steroid dienone is 1. The van der Waals surface area contributed by atoms with Crippen LogP contribution in [0.1, 0.15) is 16.7 Å². The molecule has 30 heavy (non-hydrogen) atoms. The number of rotatable bonds is 5. The number of nitrogens with zero attached hydrogens (tertiary/aromatic N) is 1. The molecule has 0 fully saturated rings. The molecule has 2 nitrogen and oxygen atoms in total. The van der Waals surface area contributed by atoms with Gasteiger partial charge in [-0.2, -0.15) is 5.26 Å². The van der Waals surface area contributed by atoms with E-state index in [1.807, 2.05) is 60.7 Å². The van der Waals surface area contributed by atoms with Crippen LogP contribution in [0.5, 0.6) is 5.75 Å². The van der Waals surface area contributed by atoms with E-state index >= 15 is 0 Å². The maximum Gasteiger partial charge on any atom is 0.131 e. The van der Waals surface area contributed by atoms with Crippen molar-refractivity contribution in [2.24, 2.45) is 0 Å². The molecule has 0 bridgehead atoms. The monoisotopic (exact) mass is 413 g/mol. The standard InChI is InChI=1S/C26H17ClFNO/c27-21-12-9-18(10-13-21)17-30-26-14-11-19-5-1-2-6-22(19)24(26)15-20(16-29)23-7-3-4-8-25(23)28/h1-15H,17H2. The quantitative estimate of drug-likeness (QED) is 0.254. The number of benzene rings is 4. The van der Waals surface area contributed by atoms with Crippen LogP contribution in [0.4, 0.5) is 4.39 Å². The summed E-state index contributed by atoms with van der Waals surface area (Å²) in [5, 5.41) is 12.3. The molecule has 0 saturated heterocycles. The summed E-state index contributed by atoms with van der Waals surface area (Å²) in [4.78, 5) is 0. The third kappa shape index (κ3) is 4.20. The Morgan fingerprint density at radius 2 is 1.67 bits per heavy atom. The predicted molar refractivity (Wildman–Crippen MR) is 120 cm³/mol. The lowest BCUT2D eigenvalue weighted by molar-refractivity contribution is 0.306. The first-order valence-electron chi connectivity index (χ1n) is 9.41. The Bertz CT molecular complexity index is 1270. The molecule has 0 heterocycles. The van der Waals surface area contributed by atoms with Gasteiger partial charge < -0.3 is 4.74 Å². The number of hydrogen-bond donors (Lipinski definition) is 0. The van der Waals surface area contributed by atoms with Crippen molar-refractivity contribution in [3.05, 3.63) is 112 Å². The Hall–Kier alpha value is -3.61. The minimum atomic E-state index is -0.436. The van der Waals surface area contributed by atoms with Crippen molar-refractivity contribution < 1.29 is 9.13 Å². The number of nitriles is 1. The van der Waals surface area contributed by atoms with E-state index in [-0.39, 0.29) is 11.1 Å². The van der Waals surface area contributed by atoms with Crippen molar-refractivity contribution in [3.8, 4) is 11.8 Å². The van der Waals surface area contributed by atoms with Gasteiger partial charge in [0.2, 0.25) is 0 Å². The highest BCUT2D eigenvalue weighted by Gasteiger charge is 2.12. The zero-order valence-corrected chi connectivity index (χ0v) is 16.7. The zero-order valence-electron chi connectivity index (χ0n) is 16.0. The molecule has 0 amide bonds. The topological polar surface area (TPSA) is 33.0 Å². The molecule has 4 rings (SSSR count). The Morgan fingerprint density at radius 3 is 2.43 bits per heavy atom. The van der Waals surface area contributed by atoms with Gasteiger partial charge in [0.1, 0.15) is 18.2 Å². The Labute approximate surface area is 179 Å². The summed E-state index contributed by atoms with van der Waals surface area (Å²) in [7, 11) is 0. The summed E-state index contributed by atoms with van der Waals surface area (Å²) < 4.78 is 20.4. The molecule has 0 spiro atoms. The summed E-state index contributed by atoms with van der Waals surface area (Å²) in [5.74, 6) is 0.182. The molecule has 0 atom stereocenters. The van der Waals surface area contributed by atoms with E-state index in [0.717, 1.165) is 21.9 Å². The van der Waals surface area contributed by atoms with Gasteiger partial charge in [-0.05, 0) is 46.7 Å². The Balaban J connectivity index is 1.80. The maximum absolute atomic E-state index is 14.3. The van der Waals surface area contributed by atoms with Crippen molar-refractivity contribution in [3.63, 3.8) is 0 Å². The van der Waals surface area contributed by atoms with Gasteiger partial charge in [0.25, 0.3) is 0 Å². The van der Waals surface area contributed by atoms with Gasteiger partial charge in [0, 0.05) is 16.1 Å². The van der Waals surface area contributed by atoms with Gasteiger partial charge in [-0.3, -0.25) is 0 Å². The molecule has 0 N–H and O–H groups in total. The fraction of sp³-hybridized carbons (Fsp3) is 0.0385. The average Bonchev–Trinajstić information content (AvgIpc) is 2.78. The SMILES string of the molecule is N#CC(=Cc1c(OCc2ccc(Cl)cc2)ccc2ccccc12)c1ccccc1F. The lowest BCUT2D eigenvalue weighted by atomic mass is 9.98. The van der Waals surface area contributed by atoms with Crippen LogP contribution in [0.25, 0.3) is 22.4 Å².